The van der Waals surface area contributed by atoms with Crippen molar-refractivity contribution in [2.75, 3.05) is 5.73 Å². The predicted molar refractivity (Wildman–Crippen MR) is 113 cm³/mol. The number of halogens is 3. The van der Waals surface area contributed by atoms with Crippen molar-refractivity contribution in [2.24, 2.45) is 0 Å². The summed E-state index contributed by atoms with van der Waals surface area (Å²) in [7, 11) is 0. The number of nitrogens with zero attached hydrogens (tertiary/aromatic N) is 1. The minimum absolute atomic E-state index is 0.0485. The molecule has 0 aliphatic rings. The lowest BCUT2D eigenvalue weighted by Crippen LogP contribution is -2.23. The second kappa shape index (κ2) is 7.37. The molecule has 0 aliphatic carbocycles. The van der Waals surface area contributed by atoms with Crippen molar-refractivity contribution in [2.45, 2.75) is 19.6 Å². The number of fused-ring (bicyclic) bond motifs is 1. The van der Waals surface area contributed by atoms with Crippen molar-refractivity contribution < 1.29 is 13.2 Å². The monoisotopic (exact) mass is 408 g/mol. The van der Waals surface area contributed by atoms with Gasteiger partial charge in [-0.25, -0.2) is 0 Å². The summed E-state index contributed by atoms with van der Waals surface area (Å²) in [6.07, 6.45) is -4.62. The van der Waals surface area contributed by atoms with Gasteiger partial charge in [0.1, 0.15) is 0 Å². The normalized spacial score (nSPS) is 11.7. The van der Waals surface area contributed by atoms with Gasteiger partial charge in [0, 0.05) is 17.1 Å². The zero-order chi connectivity index (χ0) is 21.5. The molecule has 6 heteroatoms. The van der Waals surface area contributed by atoms with Gasteiger partial charge in [0.05, 0.1) is 17.6 Å². The molecule has 0 saturated carbocycles. The second-order valence-corrected chi connectivity index (χ2v) is 7.32. The van der Waals surface area contributed by atoms with Gasteiger partial charge in [-0.3, -0.25) is 4.79 Å². The molecule has 3 nitrogen and oxygen atoms in total. The molecule has 3 aromatic carbocycles. The predicted octanol–water partition coefficient (Wildman–Crippen LogP) is 5.63. The Morgan fingerprint density at radius 3 is 2.07 bits per heavy atom. The zero-order valence-corrected chi connectivity index (χ0v) is 16.2. The van der Waals surface area contributed by atoms with Gasteiger partial charge in [-0.2, -0.15) is 13.2 Å². The molecule has 4 aromatic rings. The second-order valence-electron chi connectivity index (χ2n) is 7.32. The first kappa shape index (κ1) is 19.8. The fourth-order valence-corrected chi connectivity index (χ4v) is 3.53. The van der Waals surface area contributed by atoms with Gasteiger partial charge in [-0.1, -0.05) is 60.2 Å². The lowest BCUT2D eigenvalue weighted by atomic mass is 10.0. The average molecular weight is 408 g/mol. The standard InChI is InChI=1S/C24H19F3N2O/c1-15-2-6-17(7-3-15)18-8-4-16(5-9-18)14-29-22-12-19(28)10-11-20(22)21(13-23(29)30)24(25,26)27/h2-13H,14,28H2,1H3. The first-order chi connectivity index (χ1) is 14.2. The molecule has 4 rings (SSSR count). The molecule has 0 aliphatic heterocycles. The average Bonchev–Trinajstić information content (AvgIpc) is 2.70. The van der Waals surface area contributed by atoms with E-state index in [9.17, 15) is 18.0 Å². The van der Waals surface area contributed by atoms with Crippen molar-refractivity contribution in [1.82, 2.24) is 4.57 Å². The molecule has 0 bridgehead atoms. The van der Waals surface area contributed by atoms with Crippen LogP contribution >= 0.6 is 0 Å². The van der Waals surface area contributed by atoms with Gasteiger partial charge in [0.15, 0.2) is 0 Å². The van der Waals surface area contributed by atoms with E-state index in [-0.39, 0.29) is 17.4 Å². The maximum absolute atomic E-state index is 13.4. The summed E-state index contributed by atoms with van der Waals surface area (Å²) in [4.78, 5) is 12.6. The third-order valence-electron chi connectivity index (χ3n) is 5.12. The van der Waals surface area contributed by atoms with Crippen LogP contribution in [0.4, 0.5) is 18.9 Å². The van der Waals surface area contributed by atoms with E-state index < -0.39 is 17.3 Å². The van der Waals surface area contributed by atoms with E-state index in [1.54, 1.807) is 0 Å². The Bertz CT molecular complexity index is 1270. The number of rotatable bonds is 3. The van der Waals surface area contributed by atoms with Crippen molar-refractivity contribution in [3.63, 3.8) is 0 Å². The van der Waals surface area contributed by atoms with E-state index in [0.717, 1.165) is 16.7 Å². The fourth-order valence-electron chi connectivity index (χ4n) is 3.53. The summed E-state index contributed by atoms with van der Waals surface area (Å²) < 4.78 is 41.5. The Morgan fingerprint density at radius 1 is 0.867 bits per heavy atom. The first-order valence-corrected chi connectivity index (χ1v) is 9.38. The maximum Gasteiger partial charge on any atom is 0.417 e. The van der Waals surface area contributed by atoms with Gasteiger partial charge in [0.2, 0.25) is 0 Å². The van der Waals surface area contributed by atoms with Crippen LogP contribution < -0.4 is 11.3 Å². The van der Waals surface area contributed by atoms with Gasteiger partial charge in [0.25, 0.3) is 5.56 Å². The summed E-state index contributed by atoms with van der Waals surface area (Å²) in [5.41, 5.74) is 8.64. The lowest BCUT2D eigenvalue weighted by Gasteiger charge is -2.16. The molecule has 2 N–H and O–H groups in total. The van der Waals surface area contributed by atoms with Crippen molar-refractivity contribution in [3.8, 4) is 11.1 Å². The van der Waals surface area contributed by atoms with Crippen LogP contribution in [0.15, 0.2) is 77.6 Å². The first-order valence-electron chi connectivity index (χ1n) is 9.38. The number of alkyl halides is 3. The molecule has 1 heterocycles. The van der Waals surface area contributed by atoms with E-state index in [1.165, 1.54) is 28.3 Å². The van der Waals surface area contributed by atoms with Crippen molar-refractivity contribution >= 4 is 16.6 Å². The SMILES string of the molecule is Cc1ccc(-c2ccc(Cn3c(=O)cc(C(F)(F)F)c4ccc(N)cc43)cc2)cc1. The third-order valence-corrected chi connectivity index (χ3v) is 5.12. The summed E-state index contributed by atoms with van der Waals surface area (Å²) >= 11 is 0. The van der Waals surface area contributed by atoms with Crippen LogP contribution in [-0.4, -0.2) is 4.57 Å². The molecule has 0 atom stereocenters. The van der Waals surface area contributed by atoms with Gasteiger partial charge < -0.3 is 10.3 Å². The minimum Gasteiger partial charge on any atom is -0.399 e. The van der Waals surface area contributed by atoms with Crippen molar-refractivity contribution in [1.29, 1.82) is 0 Å². The van der Waals surface area contributed by atoms with Crippen molar-refractivity contribution in [3.05, 3.63) is 99.8 Å². The van der Waals surface area contributed by atoms with Crippen LogP contribution in [0, 0.1) is 6.92 Å². The number of anilines is 1. The highest BCUT2D eigenvalue weighted by Crippen LogP contribution is 2.34. The molecule has 30 heavy (non-hydrogen) atoms. The molecule has 0 fully saturated rings. The summed E-state index contributed by atoms with van der Waals surface area (Å²) in [5.74, 6) is 0. The topological polar surface area (TPSA) is 48.0 Å². The Balaban J connectivity index is 1.75. The van der Waals surface area contributed by atoms with E-state index in [2.05, 4.69) is 0 Å². The Hall–Kier alpha value is -3.54. The van der Waals surface area contributed by atoms with Crippen LogP contribution in [0.5, 0.6) is 0 Å². The molecule has 0 unspecified atom stereocenters. The van der Waals surface area contributed by atoms with E-state index in [4.69, 9.17) is 5.73 Å². The zero-order valence-electron chi connectivity index (χ0n) is 16.2. The summed E-state index contributed by atoms with van der Waals surface area (Å²) in [6.45, 7) is 2.16. The van der Waals surface area contributed by atoms with E-state index in [0.29, 0.717) is 11.8 Å². The van der Waals surface area contributed by atoms with Crippen LogP contribution in [0.25, 0.3) is 22.0 Å². The number of nitrogens with two attached hydrogens (primary N) is 1. The maximum atomic E-state index is 13.4. The number of benzene rings is 3. The summed E-state index contributed by atoms with van der Waals surface area (Å²) in [5, 5.41) is -0.0485. The molecule has 0 amide bonds. The lowest BCUT2D eigenvalue weighted by molar-refractivity contribution is -0.136. The highest BCUT2D eigenvalue weighted by Gasteiger charge is 2.33. The Labute approximate surface area is 171 Å². The minimum atomic E-state index is -4.62. The molecule has 0 radical (unpaired) electrons. The van der Waals surface area contributed by atoms with Crippen LogP contribution in [0.3, 0.4) is 0 Å². The molecule has 1 aromatic heterocycles. The molecule has 0 saturated heterocycles. The molecule has 0 spiro atoms. The number of nitrogen functional groups attached to an aromatic ring is 1. The summed E-state index contributed by atoms with van der Waals surface area (Å²) in [6, 6.07) is 20.5. The Kier molecular flexibility index (Phi) is 4.86. The number of pyridine rings is 1. The third kappa shape index (κ3) is 3.81. The fraction of sp³-hybridized carbons (Fsp3) is 0.125. The van der Waals surface area contributed by atoms with Gasteiger partial charge in [-0.15, -0.1) is 0 Å². The number of aryl methyl sites for hydroxylation is 1. The Morgan fingerprint density at radius 2 is 1.47 bits per heavy atom. The molecule has 152 valence electrons. The highest BCUT2D eigenvalue weighted by molar-refractivity contribution is 5.86. The largest absolute Gasteiger partial charge is 0.417 e. The highest BCUT2D eigenvalue weighted by atomic mass is 19.4. The smallest absolute Gasteiger partial charge is 0.399 e. The van der Waals surface area contributed by atoms with E-state index in [1.807, 2.05) is 55.5 Å². The molecular weight excluding hydrogens is 389 g/mol. The van der Waals surface area contributed by atoms with Gasteiger partial charge >= 0.3 is 6.18 Å². The van der Waals surface area contributed by atoms with Crippen LogP contribution in [0.1, 0.15) is 16.7 Å². The van der Waals surface area contributed by atoms with Crippen LogP contribution in [-0.2, 0) is 12.7 Å². The quantitative estimate of drug-likeness (QED) is 0.447. The van der Waals surface area contributed by atoms with E-state index >= 15 is 0 Å². The number of hydrogen-bond acceptors (Lipinski definition) is 2. The molecular formula is C24H19F3N2O. The van der Waals surface area contributed by atoms with Crippen LogP contribution in [0.2, 0.25) is 0 Å². The number of aromatic nitrogens is 1. The van der Waals surface area contributed by atoms with Gasteiger partial charge in [-0.05, 0) is 35.7 Å². The number of hydrogen-bond donors (Lipinski definition) is 1.